The maximum absolute atomic E-state index is 13.5. The molecular formula is C19H14F4N4O. The number of hydrogen-bond acceptors (Lipinski definition) is 4. The highest BCUT2D eigenvalue weighted by molar-refractivity contribution is 6.07. The molecule has 0 saturated heterocycles. The highest BCUT2D eigenvalue weighted by Gasteiger charge is 2.31. The Morgan fingerprint density at radius 3 is 2.50 bits per heavy atom. The number of rotatable bonds is 5. The second-order valence-corrected chi connectivity index (χ2v) is 5.79. The minimum absolute atomic E-state index is 0.106. The SMILES string of the molecule is O=C(Nc1cc(F)cc(C(F)(F)F)c1)c1cccnc1NCc1ccncc1. The predicted molar refractivity (Wildman–Crippen MR) is 95.2 cm³/mol. The molecular weight excluding hydrogens is 376 g/mol. The maximum atomic E-state index is 13.5. The number of nitrogens with one attached hydrogen (secondary N) is 2. The summed E-state index contributed by atoms with van der Waals surface area (Å²) in [5.74, 6) is -1.58. The summed E-state index contributed by atoms with van der Waals surface area (Å²) < 4.78 is 52.0. The van der Waals surface area contributed by atoms with Crippen LogP contribution in [0.4, 0.5) is 29.1 Å². The first-order valence-corrected chi connectivity index (χ1v) is 8.10. The summed E-state index contributed by atoms with van der Waals surface area (Å²) >= 11 is 0. The highest BCUT2D eigenvalue weighted by Crippen LogP contribution is 2.31. The lowest BCUT2D eigenvalue weighted by atomic mass is 10.1. The van der Waals surface area contributed by atoms with Gasteiger partial charge in [0.25, 0.3) is 5.91 Å². The summed E-state index contributed by atoms with van der Waals surface area (Å²) in [6, 6.07) is 8.37. The van der Waals surface area contributed by atoms with Gasteiger partial charge in [-0.05, 0) is 48.0 Å². The number of carbonyl (C=O) groups is 1. The smallest absolute Gasteiger partial charge is 0.365 e. The molecule has 0 atom stereocenters. The molecule has 0 aliphatic heterocycles. The van der Waals surface area contributed by atoms with E-state index in [9.17, 15) is 22.4 Å². The average Bonchev–Trinajstić information content (AvgIpc) is 2.66. The second-order valence-electron chi connectivity index (χ2n) is 5.79. The topological polar surface area (TPSA) is 66.9 Å². The molecule has 9 heteroatoms. The van der Waals surface area contributed by atoms with Gasteiger partial charge in [0.05, 0.1) is 11.1 Å². The highest BCUT2D eigenvalue weighted by atomic mass is 19.4. The lowest BCUT2D eigenvalue weighted by Gasteiger charge is -2.13. The van der Waals surface area contributed by atoms with Gasteiger partial charge in [0, 0.05) is 30.8 Å². The van der Waals surface area contributed by atoms with E-state index in [0.717, 1.165) is 11.6 Å². The molecule has 0 spiro atoms. The summed E-state index contributed by atoms with van der Waals surface area (Å²) in [5, 5.41) is 5.27. The van der Waals surface area contributed by atoms with Crippen LogP contribution in [-0.4, -0.2) is 15.9 Å². The fraction of sp³-hybridized carbons (Fsp3) is 0.105. The van der Waals surface area contributed by atoms with E-state index in [1.807, 2.05) is 0 Å². The van der Waals surface area contributed by atoms with Gasteiger partial charge >= 0.3 is 6.18 Å². The molecule has 3 rings (SSSR count). The molecule has 28 heavy (non-hydrogen) atoms. The van der Waals surface area contributed by atoms with Gasteiger partial charge in [-0.1, -0.05) is 0 Å². The molecule has 0 fully saturated rings. The second kappa shape index (κ2) is 8.03. The summed E-state index contributed by atoms with van der Waals surface area (Å²) in [6.07, 6.45) is -0.0286. The zero-order valence-corrected chi connectivity index (χ0v) is 14.3. The van der Waals surface area contributed by atoms with Crippen molar-refractivity contribution in [1.82, 2.24) is 9.97 Å². The van der Waals surface area contributed by atoms with E-state index in [4.69, 9.17) is 0 Å². The van der Waals surface area contributed by atoms with E-state index in [1.54, 1.807) is 24.5 Å². The predicted octanol–water partition coefficient (Wildman–Crippen LogP) is 4.50. The normalized spacial score (nSPS) is 11.1. The van der Waals surface area contributed by atoms with Crippen molar-refractivity contribution in [2.45, 2.75) is 12.7 Å². The Morgan fingerprint density at radius 1 is 1.04 bits per heavy atom. The molecule has 0 aliphatic rings. The third-order valence-corrected chi connectivity index (χ3v) is 3.74. The molecule has 2 aromatic heterocycles. The van der Waals surface area contributed by atoms with Gasteiger partial charge in [0.1, 0.15) is 11.6 Å². The Kier molecular flexibility index (Phi) is 5.53. The molecule has 1 aromatic carbocycles. The van der Waals surface area contributed by atoms with Crippen LogP contribution in [0.2, 0.25) is 0 Å². The van der Waals surface area contributed by atoms with Gasteiger partial charge in [0.2, 0.25) is 0 Å². The van der Waals surface area contributed by atoms with Gasteiger partial charge in [-0.25, -0.2) is 9.37 Å². The van der Waals surface area contributed by atoms with E-state index >= 15 is 0 Å². The fourth-order valence-corrected chi connectivity index (χ4v) is 2.44. The fourth-order valence-electron chi connectivity index (χ4n) is 2.44. The van der Waals surface area contributed by atoms with E-state index in [-0.39, 0.29) is 17.1 Å². The molecule has 0 bridgehead atoms. The molecule has 0 aliphatic carbocycles. The molecule has 3 aromatic rings. The van der Waals surface area contributed by atoms with Crippen LogP contribution in [0.25, 0.3) is 0 Å². The molecule has 5 nitrogen and oxygen atoms in total. The Balaban J connectivity index is 1.79. The number of hydrogen-bond donors (Lipinski definition) is 2. The minimum Gasteiger partial charge on any atom is -0.365 e. The van der Waals surface area contributed by atoms with Crippen LogP contribution in [0.5, 0.6) is 0 Å². The number of carbonyl (C=O) groups excluding carboxylic acids is 1. The van der Waals surface area contributed by atoms with Gasteiger partial charge in [0.15, 0.2) is 0 Å². The number of pyridine rings is 2. The number of amides is 1. The summed E-state index contributed by atoms with van der Waals surface area (Å²) in [7, 11) is 0. The van der Waals surface area contributed by atoms with Crippen molar-refractivity contribution in [3.63, 3.8) is 0 Å². The molecule has 0 unspecified atom stereocenters. The first kappa shape index (κ1) is 19.3. The molecule has 1 amide bonds. The molecule has 2 N–H and O–H groups in total. The van der Waals surface area contributed by atoms with Crippen LogP contribution in [0.15, 0.2) is 61.1 Å². The third-order valence-electron chi connectivity index (χ3n) is 3.74. The Morgan fingerprint density at radius 2 is 1.79 bits per heavy atom. The number of aromatic nitrogens is 2. The van der Waals surface area contributed by atoms with Crippen LogP contribution in [-0.2, 0) is 12.7 Å². The van der Waals surface area contributed by atoms with Crippen molar-refractivity contribution in [2.75, 3.05) is 10.6 Å². The van der Waals surface area contributed by atoms with Crippen LogP contribution in [0, 0.1) is 5.82 Å². The summed E-state index contributed by atoms with van der Waals surface area (Å²) in [6.45, 7) is 0.359. The Hall–Kier alpha value is -3.49. The van der Waals surface area contributed by atoms with Gasteiger partial charge in [-0.2, -0.15) is 13.2 Å². The zero-order chi connectivity index (χ0) is 20.1. The maximum Gasteiger partial charge on any atom is 0.416 e. The molecule has 2 heterocycles. The van der Waals surface area contributed by atoms with Crippen molar-refractivity contribution in [2.24, 2.45) is 0 Å². The Bertz CT molecular complexity index is 977. The van der Waals surface area contributed by atoms with Crippen molar-refractivity contribution < 1.29 is 22.4 Å². The first-order valence-electron chi connectivity index (χ1n) is 8.10. The number of nitrogens with zero attached hydrogens (tertiary/aromatic N) is 2. The minimum atomic E-state index is -4.73. The molecule has 0 saturated carbocycles. The van der Waals surface area contributed by atoms with Crippen LogP contribution < -0.4 is 10.6 Å². The van der Waals surface area contributed by atoms with E-state index in [2.05, 4.69) is 20.6 Å². The number of anilines is 2. The van der Waals surface area contributed by atoms with Crippen molar-refractivity contribution in [1.29, 1.82) is 0 Å². The van der Waals surface area contributed by atoms with Crippen molar-refractivity contribution >= 4 is 17.4 Å². The lowest BCUT2D eigenvalue weighted by Crippen LogP contribution is -2.16. The Labute approximate surface area is 157 Å². The van der Waals surface area contributed by atoms with Gasteiger partial charge < -0.3 is 10.6 Å². The van der Waals surface area contributed by atoms with Crippen LogP contribution >= 0.6 is 0 Å². The number of halogens is 4. The van der Waals surface area contributed by atoms with Gasteiger partial charge in [-0.15, -0.1) is 0 Å². The van der Waals surface area contributed by atoms with E-state index in [0.29, 0.717) is 18.7 Å². The number of benzene rings is 1. The first-order chi connectivity index (χ1) is 13.3. The van der Waals surface area contributed by atoms with E-state index < -0.39 is 23.5 Å². The summed E-state index contributed by atoms with van der Waals surface area (Å²) in [5.41, 5.74) is -0.493. The third kappa shape index (κ3) is 4.81. The van der Waals surface area contributed by atoms with Crippen LogP contribution in [0.1, 0.15) is 21.5 Å². The standard InChI is InChI=1S/C19H14F4N4O/c20-14-8-13(19(21,22)23)9-15(10-14)27-18(28)16-2-1-5-25-17(16)26-11-12-3-6-24-7-4-12/h1-10H,11H2,(H,25,26)(H,27,28). The summed E-state index contributed by atoms with van der Waals surface area (Å²) in [4.78, 5) is 20.5. The average molecular weight is 390 g/mol. The van der Waals surface area contributed by atoms with E-state index in [1.165, 1.54) is 18.3 Å². The zero-order valence-electron chi connectivity index (χ0n) is 14.3. The number of alkyl halides is 3. The quantitative estimate of drug-likeness (QED) is 0.630. The van der Waals surface area contributed by atoms with Gasteiger partial charge in [-0.3, -0.25) is 9.78 Å². The van der Waals surface area contributed by atoms with Crippen molar-refractivity contribution in [3.05, 3.63) is 83.6 Å². The van der Waals surface area contributed by atoms with Crippen LogP contribution in [0.3, 0.4) is 0 Å². The largest absolute Gasteiger partial charge is 0.416 e. The monoisotopic (exact) mass is 390 g/mol. The molecule has 0 radical (unpaired) electrons. The van der Waals surface area contributed by atoms with Crippen molar-refractivity contribution in [3.8, 4) is 0 Å². The lowest BCUT2D eigenvalue weighted by molar-refractivity contribution is -0.137. The molecule has 144 valence electrons.